The quantitative estimate of drug-likeness (QED) is 0.728. The smallest absolute Gasteiger partial charge is 0.239 e. The van der Waals surface area contributed by atoms with Crippen LogP contribution in [0.3, 0.4) is 0 Å². The van der Waals surface area contributed by atoms with Gasteiger partial charge in [-0.15, -0.1) is 0 Å². The van der Waals surface area contributed by atoms with Gasteiger partial charge in [0, 0.05) is 19.7 Å². The maximum Gasteiger partial charge on any atom is 0.239 e. The fourth-order valence-electron chi connectivity index (χ4n) is 1.93. The summed E-state index contributed by atoms with van der Waals surface area (Å²) in [6.07, 6.45) is 0. The average molecular weight is 265 g/mol. The van der Waals surface area contributed by atoms with Gasteiger partial charge in [0.15, 0.2) is 0 Å². The molecule has 0 fully saturated rings. The highest BCUT2D eigenvalue weighted by atomic mass is 16.5. The van der Waals surface area contributed by atoms with Crippen LogP contribution in [-0.4, -0.2) is 38.8 Å². The second-order valence-corrected chi connectivity index (χ2v) is 4.50. The van der Waals surface area contributed by atoms with Crippen LogP contribution in [-0.2, 0) is 9.53 Å². The molecule has 1 unspecified atom stereocenters. The molecule has 19 heavy (non-hydrogen) atoms. The number of rotatable bonds is 7. The normalized spacial score (nSPS) is 11.9. The number of nitrogens with zero attached hydrogens (tertiary/aromatic N) is 1. The predicted molar refractivity (Wildman–Crippen MR) is 78.2 cm³/mol. The van der Waals surface area contributed by atoms with E-state index in [1.54, 1.807) is 7.11 Å². The van der Waals surface area contributed by atoms with E-state index >= 15 is 0 Å². The van der Waals surface area contributed by atoms with Gasteiger partial charge in [0.1, 0.15) is 0 Å². The molecule has 3 N–H and O–H groups in total. The van der Waals surface area contributed by atoms with Crippen molar-refractivity contribution in [1.82, 2.24) is 5.32 Å². The maximum atomic E-state index is 11.9. The third-order valence-corrected chi connectivity index (χ3v) is 2.82. The Kier molecular flexibility index (Phi) is 6.15. The van der Waals surface area contributed by atoms with Crippen molar-refractivity contribution < 1.29 is 9.53 Å². The number of methoxy groups -OCH3 is 1. The largest absolute Gasteiger partial charge is 0.397 e. The summed E-state index contributed by atoms with van der Waals surface area (Å²) in [6.45, 7) is 5.43. The number of hydrogen-bond acceptors (Lipinski definition) is 4. The van der Waals surface area contributed by atoms with Crippen LogP contribution in [0.4, 0.5) is 11.4 Å². The second-order valence-electron chi connectivity index (χ2n) is 4.50. The molecule has 0 bridgehead atoms. The number of likely N-dealkylation sites (N-methyl/N-ethyl adjacent to an activating group) is 1. The molecule has 0 aliphatic rings. The first-order valence-corrected chi connectivity index (χ1v) is 6.46. The molecule has 0 aliphatic carbocycles. The highest BCUT2D eigenvalue weighted by Crippen LogP contribution is 2.21. The Balaban J connectivity index is 2.62. The monoisotopic (exact) mass is 265 g/mol. The van der Waals surface area contributed by atoms with Gasteiger partial charge < -0.3 is 20.7 Å². The second kappa shape index (κ2) is 7.63. The van der Waals surface area contributed by atoms with E-state index in [9.17, 15) is 4.79 Å². The van der Waals surface area contributed by atoms with Crippen molar-refractivity contribution in [3.63, 3.8) is 0 Å². The predicted octanol–water partition coefficient (Wildman–Crippen LogP) is 1.25. The van der Waals surface area contributed by atoms with Crippen molar-refractivity contribution in [2.75, 3.05) is 37.4 Å². The fourth-order valence-corrected chi connectivity index (χ4v) is 1.93. The number of para-hydroxylation sites is 2. The number of carbonyl (C=O) groups excluding carboxylic acids is 1. The minimum atomic E-state index is -0.0327. The summed E-state index contributed by atoms with van der Waals surface area (Å²) in [6, 6.07) is 7.56. The van der Waals surface area contributed by atoms with E-state index in [0.717, 1.165) is 12.2 Å². The topological polar surface area (TPSA) is 67.6 Å². The number of nitrogens with one attached hydrogen (secondary N) is 1. The zero-order chi connectivity index (χ0) is 14.3. The van der Waals surface area contributed by atoms with E-state index in [2.05, 4.69) is 5.32 Å². The number of anilines is 2. The lowest BCUT2D eigenvalue weighted by atomic mass is 10.2. The third-order valence-electron chi connectivity index (χ3n) is 2.82. The van der Waals surface area contributed by atoms with Gasteiger partial charge in [-0.1, -0.05) is 12.1 Å². The molecule has 1 atom stereocenters. The number of benzene rings is 1. The number of nitrogen functional groups attached to an aromatic ring is 1. The fraction of sp³-hybridized carbons (Fsp3) is 0.500. The third kappa shape index (κ3) is 4.79. The molecule has 5 nitrogen and oxygen atoms in total. The first kappa shape index (κ1) is 15.3. The molecule has 1 amide bonds. The van der Waals surface area contributed by atoms with E-state index in [1.807, 2.05) is 43.0 Å². The van der Waals surface area contributed by atoms with Crippen molar-refractivity contribution >= 4 is 17.3 Å². The molecule has 0 aromatic heterocycles. The lowest BCUT2D eigenvalue weighted by Gasteiger charge is -2.24. The summed E-state index contributed by atoms with van der Waals surface area (Å²) in [7, 11) is 1.62. The van der Waals surface area contributed by atoms with Crippen LogP contribution in [0.2, 0.25) is 0 Å². The van der Waals surface area contributed by atoms with Crippen LogP contribution in [0.15, 0.2) is 24.3 Å². The molecule has 0 saturated heterocycles. The van der Waals surface area contributed by atoms with Crippen molar-refractivity contribution in [1.29, 1.82) is 0 Å². The van der Waals surface area contributed by atoms with Gasteiger partial charge in [-0.25, -0.2) is 0 Å². The average Bonchev–Trinajstić information content (AvgIpc) is 2.37. The summed E-state index contributed by atoms with van der Waals surface area (Å²) >= 11 is 0. The summed E-state index contributed by atoms with van der Waals surface area (Å²) in [5, 5.41) is 2.89. The molecule has 5 heteroatoms. The Morgan fingerprint density at radius 3 is 2.74 bits per heavy atom. The Morgan fingerprint density at radius 1 is 1.47 bits per heavy atom. The summed E-state index contributed by atoms with van der Waals surface area (Å²) < 4.78 is 4.99. The van der Waals surface area contributed by atoms with Crippen LogP contribution >= 0.6 is 0 Å². The SMILES string of the molecule is CCN(CC(=O)NC(C)COC)c1ccccc1N. The minimum Gasteiger partial charge on any atom is -0.397 e. The molecule has 0 saturated carbocycles. The van der Waals surface area contributed by atoms with Crippen molar-refractivity contribution in [2.24, 2.45) is 0 Å². The van der Waals surface area contributed by atoms with Gasteiger partial charge >= 0.3 is 0 Å². The van der Waals surface area contributed by atoms with Crippen LogP contribution in [0.5, 0.6) is 0 Å². The van der Waals surface area contributed by atoms with Crippen LogP contribution < -0.4 is 16.0 Å². The molecule has 0 heterocycles. The van der Waals surface area contributed by atoms with Crippen LogP contribution in [0.25, 0.3) is 0 Å². The highest BCUT2D eigenvalue weighted by molar-refractivity contribution is 5.83. The lowest BCUT2D eigenvalue weighted by molar-refractivity contribution is -0.120. The molecule has 1 aromatic rings. The molecule has 106 valence electrons. The van der Waals surface area contributed by atoms with Gasteiger partial charge in [-0.3, -0.25) is 4.79 Å². The Morgan fingerprint density at radius 2 is 2.16 bits per heavy atom. The van der Waals surface area contributed by atoms with E-state index in [0.29, 0.717) is 18.8 Å². The summed E-state index contributed by atoms with van der Waals surface area (Å²) in [5.41, 5.74) is 7.50. The number of amides is 1. The summed E-state index contributed by atoms with van der Waals surface area (Å²) in [5.74, 6) is -0.0327. The molecule has 0 aliphatic heterocycles. The number of hydrogen-bond donors (Lipinski definition) is 2. The van der Waals surface area contributed by atoms with Gasteiger partial charge in [0.05, 0.1) is 24.5 Å². The standard InChI is InChI=1S/C14H23N3O2/c1-4-17(13-8-6-5-7-12(13)15)9-14(18)16-11(2)10-19-3/h5-8,11H,4,9-10,15H2,1-3H3,(H,16,18). The van der Waals surface area contributed by atoms with Crippen molar-refractivity contribution in [3.05, 3.63) is 24.3 Å². The van der Waals surface area contributed by atoms with E-state index < -0.39 is 0 Å². The molecule has 0 spiro atoms. The zero-order valence-corrected chi connectivity index (χ0v) is 11.8. The van der Waals surface area contributed by atoms with Gasteiger partial charge in [-0.2, -0.15) is 0 Å². The van der Waals surface area contributed by atoms with Crippen molar-refractivity contribution in [2.45, 2.75) is 19.9 Å². The zero-order valence-electron chi connectivity index (χ0n) is 11.8. The Labute approximate surface area is 114 Å². The molecule has 1 aromatic carbocycles. The molecule has 1 rings (SSSR count). The van der Waals surface area contributed by atoms with E-state index in [4.69, 9.17) is 10.5 Å². The van der Waals surface area contributed by atoms with Crippen LogP contribution in [0, 0.1) is 0 Å². The summed E-state index contributed by atoms with van der Waals surface area (Å²) in [4.78, 5) is 13.9. The van der Waals surface area contributed by atoms with Crippen LogP contribution in [0.1, 0.15) is 13.8 Å². The van der Waals surface area contributed by atoms with E-state index in [1.165, 1.54) is 0 Å². The number of ether oxygens (including phenoxy) is 1. The van der Waals surface area contributed by atoms with Gasteiger partial charge in [0.25, 0.3) is 0 Å². The van der Waals surface area contributed by atoms with Gasteiger partial charge in [-0.05, 0) is 26.0 Å². The highest BCUT2D eigenvalue weighted by Gasteiger charge is 2.13. The van der Waals surface area contributed by atoms with Gasteiger partial charge in [0.2, 0.25) is 5.91 Å². The lowest BCUT2D eigenvalue weighted by Crippen LogP contribution is -2.42. The maximum absolute atomic E-state index is 11.9. The first-order valence-electron chi connectivity index (χ1n) is 6.46. The van der Waals surface area contributed by atoms with Crippen molar-refractivity contribution in [3.8, 4) is 0 Å². The number of carbonyl (C=O) groups is 1. The first-order chi connectivity index (χ1) is 9.08. The Hall–Kier alpha value is -1.75. The molecular formula is C14H23N3O2. The molecular weight excluding hydrogens is 242 g/mol. The van der Waals surface area contributed by atoms with E-state index in [-0.39, 0.29) is 11.9 Å². The Bertz CT molecular complexity index is 409. The number of nitrogens with two attached hydrogens (primary N) is 1. The minimum absolute atomic E-state index is 0.00401. The molecule has 0 radical (unpaired) electrons.